The van der Waals surface area contributed by atoms with E-state index >= 15 is 0 Å². The second kappa shape index (κ2) is 5.95. The Hall–Kier alpha value is -0.170. The Labute approximate surface area is 98.6 Å². The largest absolute Gasteiger partial charge is 0.330 e. The average Bonchev–Trinajstić information content (AvgIpc) is 2.28. The van der Waals surface area contributed by atoms with Crippen LogP contribution in [0.2, 0.25) is 0 Å². The maximum Gasteiger partial charge on any atom is 0.279 e. The summed E-state index contributed by atoms with van der Waals surface area (Å²) in [7, 11) is -1.74. The van der Waals surface area contributed by atoms with Crippen LogP contribution in [0.25, 0.3) is 0 Å². The van der Waals surface area contributed by atoms with Gasteiger partial charge in [-0.05, 0) is 25.3 Å². The van der Waals surface area contributed by atoms with Gasteiger partial charge in [-0.25, -0.2) is 0 Å². The topological polar surface area (TPSA) is 75.4 Å². The zero-order valence-electron chi connectivity index (χ0n) is 10.1. The van der Waals surface area contributed by atoms with E-state index in [0.29, 0.717) is 13.1 Å². The molecule has 1 fully saturated rings. The Morgan fingerprint density at radius 1 is 1.38 bits per heavy atom. The van der Waals surface area contributed by atoms with Gasteiger partial charge >= 0.3 is 0 Å². The van der Waals surface area contributed by atoms with Crippen LogP contribution in [0.3, 0.4) is 0 Å². The Bertz CT molecular complexity index is 305. The third-order valence-electron chi connectivity index (χ3n) is 3.37. The monoisotopic (exact) mass is 249 g/mol. The molecular formula is C10H23N3O2S. The van der Waals surface area contributed by atoms with Gasteiger partial charge in [0.05, 0.1) is 0 Å². The van der Waals surface area contributed by atoms with E-state index in [-0.39, 0.29) is 12.0 Å². The SMILES string of the molecule is CCN(C)S(=O)(=O)N[C@@H]1CCCC[C@H]1CN. The van der Waals surface area contributed by atoms with Crippen molar-refractivity contribution in [1.29, 1.82) is 0 Å². The summed E-state index contributed by atoms with van der Waals surface area (Å²) in [5.41, 5.74) is 5.67. The normalized spacial score (nSPS) is 27.2. The first-order valence-corrected chi connectivity index (χ1v) is 7.39. The van der Waals surface area contributed by atoms with Gasteiger partial charge in [-0.3, -0.25) is 0 Å². The van der Waals surface area contributed by atoms with Crippen molar-refractivity contribution >= 4 is 10.2 Å². The minimum atomic E-state index is -3.33. The summed E-state index contributed by atoms with van der Waals surface area (Å²) in [4.78, 5) is 0. The van der Waals surface area contributed by atoms with Crippen LogP contribution in [-0.2, 0) is 10.2 Å². The van der Waals surface area contributed by atoms with Gasteiger partial charge in [0, 0.05) is 19.6 Å². The second-order valence-electron chi connectivity index (χ2n) is 4.42. The molecule has 6 heteroatoms. The van der Waals surface area contributed by atoms with Crippen LogP contribution < -0.4 is 10.5 Å². The van der Waals surface area contributed by atoms with Gasteiger partial charge in [-0.15, -0.1) is 0 Å². The summed E-state index contributed by atoms with van der Waals surface area (Å²) < 4.78 is 27.8. The average molecular weight is 249 g/mol. The number of hydrogen-bond acceptors (Lipinski definition) is 3. The predicted molar refractivity (Wildman–Crippen MR) is 65.2 cm³/mol. The first kappa shape index (κ1) is 13.9. The van der Waals surface area contributed by atoms with Crippen LogP contribution in [-0.4, -0.2) is 38.9 Å². The summed E-state index contributed by atoms with van der Waals surface area (Å²) in [6.07, 6.45) is 4.17. The lowest BCUT2D eigenvalue weighted by Gasteiger charge is -2.32. The van der Waals surface area contributed by atoms with E-state index in [1.807, 2.05) is 6.92 Å². The predicted octanol–water partition coefficient (Wildman–Crippen LogP) is 0.290. The van der Waals surface area contributed by atoms with Crippen molar-refractivity contribution < 1.29 is 8.42 Å². The van der Waals surface area contributed by atoms with E-state index in [1.165, 1.54) is 4.31 Å². The van der Waals surface area contributed by atoms with E-state index in [2.05, 4.69) is 4.72 Å². The number of nitrogens with two attached hydrogens (primary N) is 1. The molecule has 5 nitrogen and oxygen atoms in total. The zero-order valence-corrected chi connectivity index (χ0v) is 11.0. The highest BCUT2D eigenvalue weighted by Gasteiger charge is 2.29. The molecule has 0 amide bonds. The van der Waals surface area contributed by atoms with Crippen LogP contribution in [0.1, 0.15) is 32.6 Å². The summed E-state index contributed by atoms with van der Waals surface area (Å²) in [6, 6.07) is 0.0118. The molecule has 2 atom stereocenters. The van der Waals surface area contributed by atoms with Gasteiger partial charge in [-0.2, -0.15) is 17.4 Å². The lowest BCUT2D eigenvalue weighted by molar-refractivity contribution is 0.291. The molecule has 0 aromatic heterocycles. The molecule has 0 unspecified atom stereocenters. The van der Waals surface area contributed by atoms with Crippen molar-refractivity contribution in [3.8, 4) is 0 Å². The summed E-state index contributed by atoms with van der Waals surface area (Å²) in [6.45, 7) is 2.86. The Kier molecular flexibility index (Phi) is 5.17. The fraction of sp³-hybridized carbons (Fsp3) is 1.00. The van der Waals surface area contributed by atoms with Crippen molar-refractivity contribution in [3.05, 3.63) is 0 Å². The lowest BCUT2D eigenvalue weighted by Crippen LogP contribution is -2.49. The zero-order chi connectivity index (χ0) is 12.2. The van der Waals surface area contributed by atoms with Gasteiger partial charge in [0.15, 0.2) is 0 Å². The molecular weight excluding hydrogens is 226 g/mol. The van der Waals surface area contributed by atoms with Gasteiger partial charge in [0.2, 0.25) is 0 Å². The smallest absolute Gasteiger partial charge is 0.279 e. The molecule has 0 saturated heterocycles. The van der Waals surface area contributed by atoms with Crippen LogP contribution in [0.4, 0.5) is 0 Å². The van der Waals surface area contributed by atoms with E-state index in [4.69, 9.17) is 5.73 Å². The van der Waals surface area contributed by atoms with Crippen LogP contribution in [0.15, 0.2) is 0 Å². The molecule has 0 aromatic rings. The number of nitrogens with one attached hydrogen (secondary N) is 1. The summed E-state index contributed by atoms with van der Waals surface area (Å²) >= 11 is 0. The second-order valence-corrected chi connectivity index (χ2v) is 6.23. The van der Waals surface area contributed by atoms with Crippen molar-refractivity contribution in [2.45, 2.75) is 38.6 Å². The molecule has 0 spiro atoms. The van der Waals surface area contributed by atoms with Crippen molar-refractivity contribution in [3.63, 3.8) is 0 Å². The molecule has 3 N–H and O–H groups in total. The molecule has 0 aromatic carbocycles. The fourth-order valence-corrected chi connectivity index (χ4v) is 3.31. The Balaban J connectivity index is 2.64. The van der Waals surface area contributed by atoms with Gasteiger partial charge in [0.25, 0.3) is 10.2 Å². The highest BCUT2D eigenvalue weighted by molar-refractivity contribution is 7.87. The summed E-state index contributed by atoms with van der Waals surface area (Å²) in [5, 5.41) is 0. The molecule has 1 aliphatic rings. The molecule has 0 radical (unpaired) electrons. The van der Waals surface area contributed by atoms with Crippen LogP contribution in [0.5, 0.6) is 0 Å². The molecule has 0 bridgehead atoms. The van der Waals surface area contributed by atoms with Gasteiger partial charge in [0.1, 0.15) is 0 Å². The van der Waals surface area contributed by atoms with Crippen molar-refractivity contribution in [2.75, 3.05) is 20.1 Å². The van der Waals surface area contributed by atoms with E-state index in [1.54, 1.807) is 7.05 Å². The maximum atomic E-state index is 11.9. The molecule has 1 aliphatic carbocycles. The number of hydrogen-bond donors (Lipinski definition) is 2. The van der Waals surface area contributed by atoms with Crippen LogP contribution >= 0.6 is 0 Å². The molecule has 1 saturated carbocycles. The molecule has 0 aliphatic heterocycles. The highest BCUT2D eigenvalue weighted by atomic mass is 32.2. The fourth-order valence-electron chi connectivity index (χ4n) is 2.10. The molecule has 16 heavy (non-hydrogen) atoms. The number of rotatable bonds is 5. The van der Waals surface area contributed by atoms with Crippen molar-refractivity contribution in [2.24, 2.45) is 11.7 Å². The van der Waals surface area contributed by atoms with E-state index in [9.17, 15) is 8.42 Å². The van der Waals surface area contributed by atoms with E-state index in [0.717, 1.165) is 25.7 Å². The molecule has 96 valence electrons. The maximum absolute atomic E-state index is 11.9. The van der Waals surface area contributed by atoms with Gasteiger partial charge < -0.3 is 5.73 Å². The lowest BCUT2D eigenvalue weighted by atomic mass is 9.85. The standard InChI is InChI=1S/C10H23N3O2S/c1-3-13(2)16(14,15)12-10-7-5-4-6-9(10)8-11/h9-10,12H,3-8,11H2,1-2H3/t9-,10+/m0/s1. The third kappa shape index (κ3) is 3.41. The first-order chi connectivity index (χ1) is 7.51. The minimum absolute atomic E-state index is 0.0118. The van der Waals surface area contributed by atoms with Gasteiger partial charge in [-0.1, -0.05) is 19.8 Å². The quantitative estimate of drug-likeness (QED) is 0.735. The Morgan fingerprint density at radius 3 is 2.56 bits per heavy atom. The Morgan fingerprint density at radius 2 is 2.00 bits per heavy atom. The minimum Gasteiger partial charge on any atom is -0.330 e. The first-order valence-electron chi connectivity index (χ1n) is 5.95. The highest BCUT2D eigenvalue weighted by Crippen LogP contribution is 2.24. The third-order valence-corrected chi connectivity index (χ3v) is 5.05. The summed E-state index contributed by atoms with van der Waals surface area (Å²) in [5.74, 6) is 0.286. The van der Waals surface area contributed by atoms with Crippen molar-refractivity contribution in [1.82, 2.24) is 9.03 Å². The van der Waals surface area contributed by atoms with Crippen LogP contribution in [0, 0.1) is 5.92 Å². The molecule has 0 heterocycles. The number of nitrogens with zero attached hydrogens (tertiary/aromatic N) is 1. The molecule has 1 rings (SSSR count). The van der Waals surface area contributed by atoms with E-state index < -0.39 is 10.2 Å².